The van der Waals surface area contributed by atoms with Crippen molar-refractivity contribution >= 4 is 48.9 Å². The van der Waals surface area contributed by atoms with Gasteiger partial charge in [-0.15, -0.1) is 11.3 Å². The van der Waals surface area contributed by atoms with Crippen LogP contribution in [0.4, 0.5) is 0 Å². The van der Waals surface area contributed by atoms with Gasteiger partial charge in [0.1, 0.15) is 4.21 Å². The Morgan fingerprint density at radius 1 is 1.38 bits per heavy atom. The predicted octanol–water partition coefficient (Wildman–Crippen LogP) is 3.66. The molecular formula is C13H20BrClN2O2S2. The van der Waals surface area contributed by atoms with E-state index < -0.39 is 10.0 Å². The van der Waals surface area contributed by atoms with Gasteiger partial charge < -0.3 is 4.90 Å². The molecule has 8 heteroatoms. The van der Waals surface area contributed by atoms with Crippen LogP contribution in [-0.4, -0.2) is 49.8 Å². The van der Waals surface area contributed by atoms with Crippen LogP contribution < -0.4 is 0 Å². The van der Waals surface area contributed by atoms with E-state index in [1.54, 1.807) is 4.31 Å². The monoisotopic (exact) mass is 414 g/mol. The SMILES string of the molecule is CCN(CC)C1CCN(S(=O)(=O)c2cc(Cl)c(Br)s2)CC1. The Hall–Kier alpha value is 0.340. The third-order valence-electron chi connectivity index (χ3n) is 3.97. The first-order valence-corrected chi connectivity index (χ1v) is 10.5. The molecule has 2 heterocycles. The lowest BCUT2D eigenvalue weighted by atomic mass is 10.1. The zero-order chi connectivity index (χ0) is 15.6. The van der Waals surface area contributed by atoms with Crippen LogP contribution in [0.1, 0.15) is 26.7 Å². The summed E-state index contributed by atoms with van der Waals surface area (Å²) in [4.78, 5) is 2.41. The summed E-state index contributed by atoms with van der Waals surface area (Å²) in [7, 11) is -3.41. The Kier molecular flexibility index (Phi) is 6.13. The van der Waals surface area contributed by atoms with Crippen molar-refractivity contribution in [1.82, 2.24) is 9.21 Å². The van der Waals surface area contributed by atoms with Gasteiger partial charge in [-0.2, -0.15) is 4.31 Å². The van der Waals surface area contributed by atoms with E-state index >= 15 is 0 Å². The fourth-order valence-corrected chi connectivity index (χ4v) is 6.79. The lowest BCUT2D eigenvalue weighted by Crippen LogP contribution is -2.46. The molecule has 1 aliphatic heterocycles. The van der Waals surface area contributed by atoms with Crippen molar-refractivity contribution in [3.63, 3.8) is 0 Å². The van der Waals surface area contributed by atoms with Gasteiger partial charge in [0.05, 0.1) is 8.81 Å². The lowest BCUT2D eigenvalue weighted by molar-refractivity contribution is 0.152. The number of sulfonamides is 1. The molecular weight excluding hydrogens is 396 g/mol. The maximum atomic E-state index is 12.6. The highest BCUT2D eigenvalue weighted by Gasteiger charge is 2.32. The molecule has 2 rings (SSSR count). The highest BCUT2D eigenvalue weighted by molar-refractivity contribution is 9.11. The third-order valence-corrected chi connectivity index (χ3v) is 8.79. The number of nitrogens with zero attached hydrogens (tertiary/aromatic N) is 2. The summed E-state index contributed by atoms with van der Waals surface area (Å²) in [6.45, 7) is 7.49. The Balaban J connectivity index is 2.07. The summed E-state index contributed by atoms with van der Waals surface area (Å²) < 4.78 is 27.8. The van der Waals surface area contributed by atoms with Crippen LogP contribution >= 0.6 is 38.9 Å². The molecule has 1 aromatic rings. The van der Waals surface area contributed by atoms with E-state index in [0.717, 1.165) is 25.9 Å². The molecule has 1 fully saturated rings. The normalized spacial score (nSPS) is 18.5. The Morgan fingerprint density at radius 3 is 2.38 bits per heavy atom. The second-order valence-electron chi connectivity index (χ2n) is 5.04. The van der Waals surface area contributed by atoms with Crippen molar-refractivity contribution < 1.29 is 8.42 Å². The second kappa shape index (κ2) is 7.27. The van der Waals surface area contributed by atoms with Gasteiger partial charge in [0, 0.05) is 19.1 Å². The number of thiophene rings is 1. The number of hydrogen-bond acceptors (Lipinski definition) is 4. The first-order valence-electron chi connectivity index (χ1n) is 7.09. The molecule has 0 atom stereocenters. The Bertz CT molecular complexity index is 559. The van der Waals surface area contributed by atoms with Crippen molar-refractivity contribution in [2.75, 3.05) is 26.2 Å². The van der Waals surface area contributed by atoms with Gasteiger partial charge in [0.25, 0.3) is 10.0 Å². The van der Waals surface area contributed by atoms with Crippen LogP contribution in [0, 0.1) is 0 Å². The average molecular weight is 416 g/mol. The molecule has 0 bridgehead atoms. The molecule has 0 aliphatic carbocycles. The Morgan fingerprint density at radius 2 is 1.95 bits per heavy atom. The first kappa shape index (κ1) is 17.7. The van der Waals surface area contributed by atoms with Crippen LogP contribution in [0.5, 0.6) is 0 Å². The van der Waals surface area contributed by atoms with Gasteiger partial charge in [0.2, 0.25) is 0 Å². The number of hydrogen-bond donors (Lipinski definition) is 0. The lowest BCUT2D eigenvalue weighted by Gasteiger charge is -2.36. The number of rotatable bonds is 5. The minimum absolute atomic E-state index is 0.320. The molecule has 0 N–H and O–H groups in total. The van der Waals surface area contributed by atoms with Crippen LogP contribution in [0.25, 0.3) is 0 Å². The summed E-state index contributed by atoms with van der Waals surface area (Å²) in [6.07, 6.45) is 1.78. The minimum Gasteiger partial charge on any atom is -0.301 e. The highest BCUT2D eigenvalue weighted by atomic mass is 79.9. The van der Waals surface area contributed by atoms with Crippen LogP contribution in [0.3, 0.4) is 0 Å². The standard InChI is InChI=1S/C13H20BrClN2O2S2/c1-3-16(4-2)10-5-7-17(8-6-10)21(18,19)12-9-11(15)13(14)20-12/h9-10H,3-8H2,1-2H3. The quantitative estimate of drug-likeness (QED) is 0.737. The summed E-state index contributed by atoms with van der Waals surface area (Å²) in [5, 5.41) is 0.455. The molecule has 120 valence electrons. The summed E-state index contributed by atoms with van der Waals surface area (Å²) in [5.74, 6) is 0. The van der Waals surface area contributed by atoms with Crippen molar-refractivity contribution in [3.8, 4) is 0 Å². The van der Waals surface area contributed by atoms with Crippen LogP contribution in [-0.2, 0) is 10.0 Å². The molecule has 21 heavy (non-hydrogen) atoms. The van der Waals surface area contributed by atoms with E-state index in [0.29, 0.717) is 32.1 Å². The van der Waals surface area contributed by atoms with Gasteiger partial charge >= 0.3 is 0 Å². The molecule has 0 unspecified atom stereocenters. The number of piperidine rings is 1. The molecule has 0 aromatic carbocycles. The molecule has 1 aliphatic rings. The first-order chi connectivity index (χ1) is 9.90. The maximum absolute atomic E-state index is 12.6. The molecule has 1 aromatic heterocycles. The molecule has 0 amide bonds. The molecule has 0 radical (unpaired) electrons. The molecule has 0 spiro atoms. The van der Waals surface area contributed by atoms with Crippen molar-refractivity contribution in [3.05, 3.63) is 14.9 Å². The van der Waals surface area contributed by atoms with E-state index in [-0.39, 0.29) is 0 Å². The second-order valence-corrected chi connectivity index (χ2v) is 9.99. The van der Waals surface area contributed by atoms with Crippen LogP contribution in [0.2, 0.25) is 5.02 Å². The predicted molar refractivity (Wildman–Crippen MR) is 91.7 cm³/mol. The maximum Gasteiger partial charge on any atom is 0.252 e. The third kappa shape index (κ3) is 3.82. The topological polar surface area (TPSA) is 40.6 Å². The number of halogens is 2. The van der Waals surface area contributed by atoms with E-state index in [1.807, 2.05) is 0 Å². The smallest absolute Gasteiger partial charge is 0.252 e. The van der Waals surface area contributed by atoms with Crippen molar-refractivity contribution in [2.45, 2.75) is 36.9 Å². The summed E-state index contributed by atoms with van der Waals surface area (Å²) in [6, 6.07) is 2.02. The summed E-state index contributed by atoms with van der Waals surface area (Å²) in [5.41, 5.74) is 0. The van der Waals surface area contributed by atoms with Crippen LogP contribution in [0.15, 0.2) is 14.1 Å². The van der Waals surface area contributed by atoms with Gasteiger partial charge in [0.15, 0.2) is 0 Å². The van der Waals surface area contributed by atoms with Gasteiger partial charge in [-0.25, -0.2) is 8.42 Å². The fourth-order valence-electron chi connectivity index (χ4n) is 2.77. The van der Waals surface area contributed by atoms with Crippen molar-refractivity contribution in [1.29, 1.82) is 0 Å². The summed E-state index contributed by atoms with van der Waals surface area (Å²) >= 11 is 10.4. The Labute approximate surface area is 144 Å². The van der Waals surface area contributed by atoms with E-state index in [1.165, 1.54) is 17.4 Å². The molecule has 4 nitrogen and oxygen atoms in total. The zero-order valence-electron chi connectivity index (χ0n) is 12.2. The molecule has 1 saturated heterocycles. The van der Waals surface area contributed by atoms with Gasteiger partial charge in [-0.1, -0.05) is 25.4 Å². The van der Waals surface area contributed by atoms with E-state index in [9.17, 15) is 8.42 Å². The van der Waals surface area contributed by atoms with Gasteiger partial charge in [-0.3, -0.25) is 0 Å². The van der Waals surface area contributed by atoms with Gasteiger partial charge in [-0.05, 0) is 47.9 Å². The minimum atomic E-state index is -3.41. The fraction of sp³-hybridized carbons (Fsp3) is 0.692. The average Bonchev–Trinajstić information content (AvgIpc) is 2.81. The highest BCUT2D eigenvalue weighted by Crippen LogP contribution is 2.36. The van der Waals surface area contributed by atoms with E-state index in [4.69, 9.17) is 11.6 Å². The van der Waals surface area contributed by atoms with E-state index in [2.05, 4.69) is 34.7 Å². The largest absolute Gasteiger partial charge is 0.301 e. The molecule has 0 saturated carbocycles. The van der Waals surface area contributed by atoms with Crippen molar-refractivity contribution in [2.24, 2.45) is 0 Å². The zero-order valence-corrected chi connectivity index (χ0v) is 16.2.